The van der Waals surface area contributed by atoms with Crippen LogP contribution in [0.3, 0.4) is 0 Å². The second-order valence-corrected chi connectivity index (χ2v) is 5.74. The number of aromatic nitrogens is 3. The molecule has 7 nitrogen and oxygen atoms in total. The van der Waals surface area contributed by atoms with Crippen molar-refractivity contribution in [1.29, 1.82) is 0 Å². The van der Waals surface area contributed by atoms with Crippen LogP contribution < -0.4 is 5.32 Å². The van der Waals surface area contributed by atoms with Crippen molar-refractivity contribution >= 4 is 6.03 Å². The molecule has 0 aliphatic carbocycles. The highest BCUT2D eigenvalue weighted by atomic mass is 16.2. The van der Waals surface area contributed by atoms with Gasteiger partial charge in [0.05, 0.1) is 0 Å². The van der Waals surface area contributed by atoms with Gasteiger partial charge in [0.2, 0.25) is 0 Å². The van der Waals surface area contributed by atoms with Gasteiger partial charge in [0.25, 0.3) is 0 Å². The van der Waals surface area contributed by atoms with Gasteiger partial charge in [0.1, 0.15) is 0 Å². The smallest absolute Gasteiger partial charge is 0.317 e. The molecule has 7 heteroatoms. The van der Waals surface area contributed by atoms with Crippen molar-refractivity contribution < 1.29 is 4.79 Å². The van der Waals surface area contributed by atoms with Crippen LogP contribution in [0.5, 0.6) is 0 Å². The molecule has 0 atom stereocenters. The van der Waals surface area contributed by atoms with E-state index in [4.69, 9.17) is 0 Å². The van der Waals surface area contributed by atoms with Crippen LogP contribution in [0.25, 0.3) is 5.82 Å². The molecule has 1 aliphatic heterocycles. The average Bonchev–Trinajstić information content (AvgIpc) is 3.01. The normalized spacial score (nSPS) is 16.1. The number of nitrogens with zero attached hydrogens (tertiary/aromatic N) is 5. The first kappa shape index (κ1) is 15.5. The number of hydrogen-bond donors (Lipinski definition) is 1. The van der Waals surface area contributed by atoms with Crippen LogP contribution in [0.15, 0.2) is 36.8 Å². The first-order chi connectivity index (χ1) is 11.2. The zero-order chi connectivity index (χ0) is 16.1. The molecule has 1 N–H and O–H groups in total. The third kappa shape index (κ3) is 3.87. The Morgan fingerprint density at radius 2 is 2.13 bits per heavy atom. The molecule has 0 radical (unpaired) electrons. The van der Waals surface area contributed by atoms with Gasteiger partial charge in [-0.2, -0.15) is 5.10 Å². The fourth-order valence-electron chi connectivity index (χ4n) is 2.70. The summed E-state index contributed by atoms with van der Waals surface area (Å²) in [6.45, 7) is 3.96. The third-order valence-electron chi connectivity index (χ3n) is 4.03. The van der Waals surface area contributed by atoms with Crippen LogP contribution >= 0.6 is 0 Å². The quantitative estimate of drug-likeness (QED) is 0.922. The lowest BCUT2D eigenvalue weighted by Crippen LogP contribution is -2.41. The molecule has 2 amide bonds. The summed E-state index contributed by atoms with van der Waals surface area (Å²) < 4.78 is 1.71. The number of amides is 2. The van der Waals surface area contributed by atoms with Crippen LogP contribution in [0.1, 0.15) is 12.0 Å². The van der Waals surface area contributed by atoms with Crippen molar-refractivity contribution in [2.75, 3.05) is 33.2 Å². The number of carbonyl (C=O) groups is 1. The van der Waals surface area contributed by atoms with E-state index in [1.54, 1.807) is 17.1 Å². The van der Waals surface area contributed by atoms with Crippen LogP contribution in [0, 0.1) is 0 Å². The molecular weight excluding hydrogens is 292 g/mol. The molecule has 0 unspecified atom stereocenters. The fourth-order valence-corrected chi connectivity index (χ4v) is 2.70. The topological polar surface area (TPSA) is 66.3 Å². The van der Waals surface area contributed by atoms with E-state index >= 15 is 0 Å². The lowest BCUT2D eigenvalue weighted by atomic mass is 10.2. The Bertz CT molecular complexity index is 642. The number of carbonyl (C=O) groups excluding carboxylic acids is 1. The first-order valence-electron chi connectivity index (χ1n) is 7.89. The highest BCUT2D eigenvalue weighted by Crippen LogP contribution is 2.10. The van der Waals surface area contributed by atoms with Gasteiger partial charge in [-0.15, -0.1) is 0 Å². The standard InChI is InChI=1S/C16H22N6O/c1-20-8-4-9-21(12-11-20)16(23)18-13-14-5-2-6-17-15(14)22-10-3-7-19-22/h2-3,5-7,10H,4,8-9,11-13H2,1H3,(H,18,23). The van der Waals surface area contributed by atoms with Crippen molar-refractivity contribution in [2.24, 2.45) is 0 Å². The van der Waals surface area contributed by atoms with Gasteiger partial charge in [-0.25, -0.2) is 14.5 Å². The summed E-state index contributed by atoms with van der Waals surface area (Å²) in [5.74, 6) is 0.744. The molecule has 3 rings (SSSR count). The van der Waals surface area contributed by atoms with Crippen LogP contribution in [-0.2, 0) is 6.54 Å². The largest absolute Gasteiger partial charge is 0.334 e. The molecule has 1 saturated heterocycles. The second-order valence-electron chi connectivity index (χ2n) is 5.74. The van der Waals surface area contributed by atoms with Gasteiger partial charge in [0.15, 0.2) is 5.82 Å². The molecule has 0 spiro atoms. The monoisotopic (exact) mass is 314 g/mol. The molecule has 2 aromatic rings. The highest BCUT2D eigenvalue weighted by molar-refractivity contribution is 5.74. The van der Waals surface area contributed by atoms with Crippen molar-refractivity contribution in [3.05, 3.63) is 42.4 Å². The summed E-state index contributed by atoms with van der Waals surface area (Å²) in [6.07, 6.45) is 6.30. The maximum Gasteiger partial charge on any atom is 0.317 e. The Morgan fingerprint density at radius 1 is 1.22 bits per heavy atom. The third-order valence-corrected chi connectivity index (χ3v) is 4.03. The predicted octanol–water partition coefficient (Wildman–Crippen LogP) is 1.11. The minimum absolute atomic E-state index is 0.0180. The minimum Gasteiger partial charge on any atom is -0.334 e. The van der Waals surface area contributed by atoms with E-state index in [0.29, 0.717) is 6.54 Å². The number of rotatable bonds is 3. The molecule has 2 aromatic heterocycles. The molecule has 122 valence electrons. The van der Waals surface area contributed by atoms with E-state index in [1.165, 1.54) is 0 Å². The van der Waals surface area contributed by atoms with Gasteiger partial charge in [0, 0.05) is 50.3 Å². The van der Waals surface area contributed by atoms with Crippen LogP contribution in [0.2, 0.25) is 0 Å². The number of likely N-dealkylation sites (N-methyl/N-ethyl adjacent to an activating group) is 1. The van der Waals surface area contributed by atoms with Crippen molar-refractivity contribution in [1.82, 2.24) is 29.9 Å². The predicted molar refractivity (Wildman–Crippen MR) is 87.3 cm³/mol. The van der Waals surface area contributed by atoms with E-state index in [9.17, 15) is 4.79 Å². The van der Waals surface area contributed by atoms with E-state index in [-0.39, 0.29) is 6.03 Å². The average molecular weight is 314 g/mol. The van der Waals surface area contributed by atoms with E-state index in [2.05, 4.69) is 27.3 Å². The minimum atomic E-state index is -0.0180. The summed E-state index contributed by atoms with van der Waals surface area (Å²) in [7, 11) is 2.09. The van der Waals surface area contributed by atoms with Gasteiger partial charge >= 0.3 is 6.03 Å². The lowest BCUT2D eigenvalue weighted by Gasteiger charge is -2.21. The summed E-state index contributed by atoms with van der Waals surface area (Å²) in [6, 6.07) is 5.66. The molecule has 1 fully saturated rings. The first-order valence-corrected chi connectivity index (χ1v) is 7.89. The maximum atomic E-state index is 12.4. The number of nitrogens with one attached hydrogen (secondary N) is 1. The Morgan fingerprint density at radius 3 is 2.96 bits per heavy atom. The van der Waals surface area contributed by atoms with Crippen LogP contribution in [-0.4, -0.2) is 63.8 Å². The van der Waals surface area contributed by atoms with Gasteiger partial charge in [-0.05, 0) is 32.1 Å². The summed E-state index contributed by atoms with van der Waals surface area (Å²) in [5, 5.41) is 7.21. The lowest BCUT2D eigenvalue weighted by molar-refractivity contribution is 0.199. The van der Waals surface area contributed by atoms with Gasteiger partial charge < -0.3 is 15.1 Å². The molecular formula is C16H22N6O. The maximum absolute atomic E-state index is 12.4. The summed E-state index contributed by atoms with van der Waals surface area (Å²) in [5.41, 5.74) is 0.941. The van der Waals surface area contributed by atoms with Gasteiger partial charge in [-0.1, -0.05) is 6.07 Å². The number of urea groups is 1. The summed E-state index contributed by atoms with van der Waals surface area (Å²) in [4.78, 5) is 20.9. The SMILES string of the molecule is CN1CCCN(C(=O)NCc2cccnc2-n2cccn2)CC1. The van der Waals surface area contributed by atoms with Crippen molar-refractivity contribution in [3.8, 4) is 5.82 Å². The zero-order valence-electron chi connectivity index (χ0n) is 13.4. The molecule has 23 heavy (non-hydrogen) atoms. The van der Waals surface area contributed by atoms with Gasteiger partial charge in [-0.3, -0.25) is 0 Å². The number of pyridine rings is 1. The molecule has 0 aromatic carbocycles. The second kappa shape index (κ2) is 7.23. The Kier molecular flexibility index (Phi) is 4.87. The fraction of sp³-hybridized carbons (Fsp3) is 0.438. The van der Waals surface area contributed by atoms with Crippen molar-refractivity contribution in [3.63, 3.8) is 0 Å². The Hall–Kier alpha value is -2.41. The zero-order valence-corrected chi connectivity index (χ0v) is 13.4. The highest BCUT2D eigenvalue weighted by Gasteiger charge is 2.17. The summed E-state index contributed by atoms with van der Waals surface area (Å²) >= 11 is 0. The molecule has 0 bridgehead atoms. The van der Waals surface area contributed by atoms with E-state index < -0.39 is 0 Å². The van der Waals surface area contributed by atoms with E-state index in [1.807, 2.05) is 29.3 Å². The Labute approximate surface area is 135 Å². The molecule has 1 aliphatic rings. The van der Waals surface area contributed by atoms with Crippen molar-refractivity contribution in [2.45, 2.75) is 13.0 Å². The van der Waals surface area contributed by atoms with E-state index in [0.717, 1.165) is 44.0 Å². The number of hydrogen-bond acceptors (Lipinski definition) is 4. The van der Waals surface area contributed by atoms with Crippen LogP contribution in [0.4, 0.5) is 4.79 Å². The molecule has 0 saturated carbocycles. The molecule has 3 heterocycles. The Balaban J connectivity index is 1.63.